The third-order valence-corrected chi connectivity index (χ3v) is 6.28. The van der Waals surface area contributed by atoms with Gasteiger partial charge in [0.05, 0.1) is 11.2 Å². The van der Waals surface area contributed by atoms with E-state index < -0.39 is 0 Å². The number of halogens is 1. The standard InChI is InChI=1S/C22H29FN4O2/c1-3-25-11-5-7-16(25)14-24-22(29)21-20(27-12-6-8-19(27)28)17-13-15(23)9-10-18(17)26(21)4-2/h9-10,13,16H,3-8,11-12,14H2,1-2H3,(H,24,29). The smallest absolute Gasteiger partial charge is 0.270 e. The van der Waals surface area contributed by atoms with E-state index >= 15 is 0 Å². The Bertz CT molecular complexity index is 939. The zero-order valence-corrected chi connectivity index (χ0v) is 17.2. The third kappa shape index (κ3) is 3.52. The molecule has 2 amide bonds. The second-order valence-corrected chi connectivity index (χ2v) is 7.89. The van der Waals surface area contributed by atoms with Gasteiger partial charge in [-0.15, -0.1) is 0 Å². The highest BCUT2D eigenvalue weighted by Gasteiger charge is 2.32. The fourth-order valence-electron chi connectivity index (χ4n) is 4.86. The highest BCUT2D eigenvalue weighted by Crippen LogP contribution is 2.37. The first kappa shape index (κ1) is 19.9. The minimum absolute atomic E-state index is 0.00795. The van der Waals surface area contributed by atoms with Gasteiger partial charge in [0, 0.05) is 37.5 Å². The average Bonchev–Trinajstić information content (AvgIpc) is 3.42. The second-order valence-electron chi connectivity index (χ2n) is 7.89. The van der Waals surface area contributed by atoms with Gasteiger partial charge in [0.25, 0.3) is 5.91 Å². The van der Waals surface area contributed by atoms with Gasteiger partial charge in [0.1, 0.15) is 11.5 Å². The largest absolute Gasteiger partial charge is 0.349 e. The summed E-state index contributed by atoms with van der Waals surface area (Å²) < 4.78 is 16.0. The number of anilines is 1. The van der Waals surface area contributed by atoms with Gasteiger partial charge < -0.3 is 14.8 Å². The van der Waals surface area contributed by atoms with Crippen LogP contribution in [0, 0.1) is 5.82 Å². The Hall–Kier alpha value is -2.41. The molecule has 0 radical (unpaired) electrons. The van der Waals surface area contributed by atoms with Crippen molar-refractivity contribution in [3.8, 4) is 0 Å². The number of rotatable bonds is 6. The number of hydrogen-bond donors (Lipinski definition) is 1. The number of benzene rings is 1. The van der Waals surface area contributed by atoms with E-state index in [1.165, 1.54) is 12.1 Å². The molecule has 3 heterocycles. The highest BCUT2D eigenvalue weighted by molar-refractivity contribution is 6.14. The number of carbonyl (C=O) groups is 2. The first-order valence-corrected chi connectivity index (χ1v) is 10.7. The Kier molecular flexibility index (Phi) is 5.58. The fourth-order valence-corrected chi connectivity index (χ4v) is 4.86. The predicted octanol–water partition coefficient (Wildman–Crippen LogP) is 3.14. The van der Waals surface area contributed by atoms with Crippen LogP contribution in [0.2, 0.25) is 0 Å². The molecule has 1 atom stereocenters. The number of hydrogen-bond acceptors (Lipinski definition) is 3. The first-order chi connectivity index (χ1) is 14.0. The van der Waals surface area contributed by atoms with Crippen LogP contribution in [0.5, 0.6) is 0 Å². The molecule has 156 valence electrons. The molecule has 29 heavy (non-hydrogen) atoms. The quantitative estimate of drug-likeness (QED) is 0.811. The van der Waals surface area contributed by atoms with Crippen molar-refractivity contribution >= 4 is 28.4 Å². The molecule has 2 aliphatic rings. The lowest BCUT2D eigenvalue weighted by molar-refractivity contribution is -0.117. The summed E-state index contributed by atoms with van der Waals surface area (Å²) in [6.07, 6.45) is 3.44. The third-order valence-electron chi connectivity index (χ3n) is 6.28. The van der Waals surface area contributed by atoms with Crippen LogP contribution in [-0.4, -0.2) is 53.5 Å². The van der Waals surface area contributed by atoms with Crippen LogP contribution in [0.4, 0.5) is 10.1 Å². The number of amides is 2. The van der Waals surface area contributed by atoms with Crippen molar-refractivity contribution in [3.05, 3.63) is 29.7 Å². The topological polar surface area (TPSA) is 57.6 Å². The van der Waals surface area contributed by atoms with Crippen LogP contribution in [0.1, 0.15) is 50.0 Å². The maximum absolute atomic E-state index is 14.1. The van der Waals surface area contributed by atoms with Gasteiger partial charge in [-0.25, -0.2) is 4.39 Å². The number of aryl methyl sites for hydroxylation is 1. The fraction of sp³-hybridized carbons (Fsp3) is 0.545. The molecule has 1 N–H and O–H groups in total. The molecule has 0 aliphatic carbocycles. The molecule has 4 rings (SSSR count). The second kappa shape index (κ2) is 8.14. The summed E-state index contributed by atoms with van der Waals surface area (Å²) in [6, 6.07) is 4.89. The van der Waals surface area contributed by atoms with Crippen molar-refractivity contribution in [2.24, 2.45) is 0 Å². The van der Waals surface area contributed by atoms with E-state index in [9.17, 15) is 14.0 Å². The Morgan fingerprint density at radius 3 is 2.72 bits per heavy atom. The normalized spacial score (nSPS) is 20.2. The Labute approximate surface area is 170 Å². The van der Waals surface area contributed by atoms with Crippen molar-refractivity contribution in [2.45, 2.75) is 52.1 Å². The average molecular weight is 400 g/mol. The summed E-state index contributed by atoms with van der Waals surface area (Å²) in [5, 5.41) is 3.73. The van der Waals surface area contributed by atoms with Gasteiger partial charge in [-0.3, -0.25) is 14.5 Å². The van der Waals surface area contributed by atoms with Crippen LogP contribution in [0.3, 0.4) is 0 Å². The van der Waals surface area contributed by atoms with Crippen molar-refractivity contribution in [3.63, 3.8) is 0 Å². The predicted molar refractivity (Wildman–Crippen MR) is 112 cm³/mol. The first-order valence-electron chi connectivity index (χ1n) is 10.7. The van der Waals surface area contributed by atoms with Crippen LogP contribution in [0.15, 0.2) is 18.2 Å². The maximum Gasteiger partial charge on any atom is 0.270 e. The molecule has 2 fully saturated rings. The van der Waals surface area contributed by atoms with E-state index in [1.807, 2.05) is 11.5 Å². The van der Waals surface area contributed by atoms with Gasteiger partial charge in [0.15, 0.2) is 0 Å². The van der Waals surface area contributed by atoms with Gasteiger partial charge in [-0.05, 0) is 57.5 Å². The van der Waals surface area contributed by atoms with Crippen molar-refractivity contribution in [1.82, 2.24) is 14.8 Å². The summed E-state index contributed by atoms with van der Waals surface area (Å²) in [4.78, 5) is 29.9. The SMILES string of the molecule is CCN1CCCC1CNC(=O)c1c(N2CCCC2=O)c2cc(F)ccc2n1CC. The van der Waals surface area contributed by atoms with E-state index in [2.05, 4.69) is 17.1 Å². The van der Waals surface area contributed by atoms with Crippen LogP contribution >= 0.6 is 0 Å². The molecule has 1 aromatic heterocycles. The van der Waals surface area contributed by atoms with Crippen LogP contribution in [-0.2, 0) is 11.3 Å². The van der Waals surface area contributed by atoms with Crippen LogP contribution in [0.25, 0.3) is 10.9 Å². The highest BCUT2D eigenvalue weighted by atomic mass is 19.1. The zero-order valence-electron chi connectivity index (χ0n) is 17.2. The summed E-state index contributed by atoms with van der Waals surface area (Å²) in [7, 11) is 0. The molecular weight excluding hydrogens is 371 g/mol. The van der Waals surface area contributed by atoms with Gasteiger partial charge >= 0.3 is 0 Å². The van der Waals surface area contributed by atoms with E-state index in [0.717, 1.165) is 37.9 Å². The lowest BCUT2D eigenvalue weighted by atomic mass is 10.2. The molecule has 2 aliphatic heterocycles. The zero-order chi connectivity index (χ0) is 20.5. The summed E-state index contributed by atoms with van der Waals surface area (Å²) in [5.74, 6) is -0.567. The number of carbonyl (C=O) groups excluding carboxylic acids is 2. The Balaban J connectivity index is 1.73. The minimum atomic E-state index is -0.366. The van der Waals surface area contributed by atoms with Gasteiger partial charge in [-0.1, -0.05) is 6.92 Å². The lowest BCUT2D eigenvalue weighted by Gasteiger charge is -2.23. The Morgan fingerprint density at radius 1 is 1.21 bits per heavy atom. The van der Waals surface area contributed by atoms with Gasteiger partial charge in [-0.2, -0.15) is 0 Å². The molecule has 0 bridgehead atoms. The van der Waals surface area contributed by atoms with E-state index in [0.29, 0.717) is 48.9 Å². The molecule has 1 unspecified atom stereocenters. The maximum atomic E-state index is 14.1. The van der Waals surface area contributed by atoms with Gasteiger partial charge in [0.2, 0.25) is 5.91 Å². The molecule has 2 aromatic rings. The molecule has 2 saturated heterocycles. The van der Waals surface area contributed by atoms with Crippen molar-refractivity contribution in [1.29, 1.82) is 0 Å². The number of likely N-dealkylation sites (N-methyl/N-ethyl adjacent to an activating group) is 1. The summed E-state index contributed by atoms with van der Waals surface area (Å²) in [5.41, 5.74) is 1.80. The molecule has 0 saturated carbocycles. The Morgan fingerprint density at radius 2 is 2.03 bits per heavy atom. The molecule has 7 heteroatoms. The number of likely N-dealkylation sites (tertiary alicyclic amines) is 1. The monoisotopic (exact) mass is 400 g/mol. The number of fused-ring (bicyclic) bond motifs is 1. The van der Waals surface area contributed by atoms with Crippen molar-refractivity contribution < 1.29 is 14.0 Å². The summed E-state index contributed by atoms with van der Waals surface area (Å²) >= 11 is 0. The molecule has 0 spiro atoms. The summed E-state index contributed by atoms with van der Waals surface area (Å²) in [6.45, 7) is 7.86. The van der Waals surface area contributed by atoms with E-state index in [-0.39, 0.29) is 17.6 Å². The lowest BCUT2D eigenvalue weighted by Crippen LogP contribution is -2.41. The van der Waals surface area contributed by atoms with E-state index in [4.69, 9.17) is 0 Å². The molecular formula is C22H29FN4O2. The molecule has 6 nitrogen and oxygen atoms in total. The van der Waals surface area contributed by atoms with Crippen molar-refractivity contribution in [2.75, 3.05) is 31.1 Å². The van der Waals surface area contributed by atoms with E-state index in [1.54, 1.807) is 11.0 Å². The van der Waals surface area contributed by atoms with Crippen LogP contribution < -0.4 is 10.2 Å². The number of aromatic nitrogens is 1. The number of nitrogens with one attached hydrogen (secondary N) is 1. The number of nitrogens with zero attached hydrogens (tertiary/aromatic N) is 3. The minimum Gasteiger partial charge on any atom is -0.349 e. The molecule has 1 aromatic carbocycles.